The number of carboxylic acids is 1. The number of ether oxygens (including phenoxy) is 3. The molecular formula is C26H21Cl2N3O5S. The van der Waals surface area contributed by atoms with Crippen LogP contribution in [0.2, 0.25) is 10.0 Å². The second-order valence-corrected chi connectivity index (χ2v) is 9.37. The van der Waals surface area contributed by atoms with E-state index in [1.165, 1.54) is 20.3 Å². The smallest absolute Gasteiger partial charge is 0.342 e. The number of hydrogen-bond donors (Lipinski definition) is 2. The summed E-state index contributed by atoms with van der Waals surface area (Å²) in [7, 11) is 3.04. The van der Waals surface area contributed by atoms with Gasteiger partial charge in [0.15, 0.2) is 17.3 Å². The number of H-pyrrole nitrogens is 1. The molecule has 0 atom stereocenters. The van der Waals surface area contributed by atoms with Gasteiger partial charge in [-0.1, -0.05) is 47.5 Å². The van der Waals surface area contributed by atoms with Gasteiger partial charge in [0.1, 0.15) is 17.3 Å². The SMILES string of the molecule is COc1cc(/C=C(\Sc2n[nH]c(-c3cc(Cl)ccc3OC)n2)C(=O)O)ccc1OCc1ccccc1Cl. The molecule has 0 unspecified atom stereocenters. The summed E-state index contributed by atoms with van der Waals surface area (Å²) in [6.07, 6.45) is 1.50. The number of aromatic nitrogens is 3. The number of carbonyl (C=O) groups is 1. The predicted octanol–water partition coefficient (Wildman–Crippen LogP) is 6.59. The van der Waals surface area contributed by atoms with Crippen LogP contribution in [0.1, 0.15) is 11.1 Å². The van der Waals surface area contributed by atoms with Gasteiger partial charge in [0, 0.05) is 15.6 Å². The van der Waals surface area contributed by atoms with Crippen LogP contribution in [0.3, 0.4) is 0 Å². The predicted molar refractivity (Wildman–Crippen MR) is 144 cm³/mol. The number of methoxy groups -OCH3 is 2. The Labute approximate surface area is 227 Å². The summed E-state index contributed by atoms with van der Waals surface area (Å²) in [6, 6.07) is 17.6. The Morgan fingerprint density at radius 3 is 2.51 bits per heavy atom. The lowest BCUT2D eigenvalue weighted by atomic mass is 10.2. The third kappa shape index (κ3) is 6.56. The Hall–Kier alpha value is -3.66. The van der Waals surface area contributed by atoms with E-state index in [1.54, 1.807) is 42.5 Å². The Morgan fingerprint density at radius 2 is 1.78 bits per heavy atom. The fraction of sp³-hybridized carbons (Fsp3) is 0.115. The molecule has 3 aromatic carbocycles. The fourth-order valence-electron chi connectivity index (χ4n) is 3.33. The van der Waals surface area contributed by atoms with E-state index in [2.05, 4.69) is 15.2 Å². The van der Waals surface area contributed by atoms with Gasteiger partial charge in [-0.3, -0.25) is 5.10 Å². The van der Waals surface area contributed by atoms with Gasteiger partial charge in [-0.15, -0.1) is 5.10 Å². The number of nitrogens with one attached hydrogen (secondary N) is 1. The number of benzene rings is 3. The monoisotopic (exact) mass is 557 g/mol. The molecule has 0 aliphatic rings. The summed E-state index contributed by atoms with van der Waals surface area (Å²) in [4.78, 5) is 16.4. The van der Waals surface area contributed by atoms with Gasteiger partial charge in [0.05, 0.1) is 19.8 Å². The van der Waals surface area contributed by atoms with Crippen LogP contribution in [0, 0.1) is 0 Å². The zero-order valence-corrected chi connectivity index (χ0v) is 22.0. The number of aliphatic carboxylic acids is 1. The molecule has 37 heavy (non-hydrogen) atoms. The topological polar surface area (TPSA) is 107 Å². The molecule has 1 aromatic heterocycles. The largest absolute Gasteiger partial charge is 0.496 e. The third-order valence-electron chi connectivity index (χ3n) is 5.12. The molecule has 11 heteroatoms. The zero-order chi connectivity index (χ0) is 26.4. The molecule has 8 nitrogen and oxygen atoms in total. The van der Waals surface area contributed by atoms with E-state index in [4.69, 9.17) is 37.4 Å². The van der Waals surface area contributed by atoms with E-state index < -0.39 is 5.97 Å². The van der Waals surface area contributed by atoms with Gasteiger partial charge in [-0.05, 0) is 59.8 Å². The summed E-state index contributed by atoms with van der Waals surface area (Å²) in [5, 5.41) is 18.1. The highest BCUT2D eigenvalue weighted by Gasteiger charge is 2.17. The molecule has 0 saturated carbocycles. The molecule has 4 aromatic rings. The van der Waals surface area contributed by atoms with Crippen molar-refractivity contribution < 1.29 is 24.1 Å². The summed E-state index contributed by atoms with van der Waals surface area (Å²) >= 11 is 13.2. The Kier molecular flexibility index (Phi) is 8.60. The zero-order valence-electron chi connectivity index (χ0n) is 19.7. The Bertz CT molecular complexity index is 1460. The van der Waals surface area contributed by atoms with E-state index in [9.17, 15) is 9.90 Å². The maximum Gasteiger partial charge on any atom is 0.342 e. The van der Waals surface area contributed by atoms with Gasteiger partial charge in [0.2, 0.25) is 5.16 Å². The number of aromatic amines is 1. The summed E-state index contributed by atoms with van der Waals surface area (Å²) in [6.45, 7) is 0.256. The first-order chi connectivity index (χ1) is 17.9. The van der Waals surface area contributed by atoms with Crippen molar-refractivity contribution in [2.45, 2.75) is 11.8 Å². The van der Waals surface area contributed by atoms with E-state index in [-0.39, 0.29) is 16.7 Å². The fourth-order valence-corrected chi connectivity index (χ4v) is 4.40. The van der Waals surface area contributed by atoms with E-state index in [0.29, 0.717) is 44.2 Å². The van der Waals surface area contributed by atoms with Crippen LogP contribution >= 0.6 is 35.0 Å². The molecule has 0 fully saturated rings. The molecule has 0 aliphatic carbocycles. The minimum atomic E-state index is -1.13. The first-order valence-corrected chi connectivity index (χ1v) is 12.4. The summed E-state index contributed by atoms with van der Waals surface area (Å²) in [5.74, 6) is 0.764. The molecule has 0 radical (unpaired) electrons. The molecule has 2 N–H and O–H groups in total. The summed E-state index contributed by atoms with van der Waals surface area (Å²) in [5.41, 5.74) is 2.03. The van der Waals surface area contributed by atoms with E-state index >= 15 is 0 Å². The van der Waals surface area contributed by atoms with Crippen molar-refractivity contribution in [2.75, 3.05) is 14.2 Å². The first-order valence-electron chi connectivity index (χ1n) is 10.8. The Morgan fingerprint density at radius 1 is 1.03 bits per heavy atom. The van der Waals surface area contributed by atoms with Crippen molar-refractivity contribution in [1.29, 1.82) is 0 Å². The highest BCUT2D eigenvalue weighted by atomic mass is 35.5. The van der Waals surface area contributed by atoms with Crippen LogP contribution in [0.25, 0.3) is 17.5 Å². The molecule has 0 amide bonds. The van der Waals surface area contributed by atoms with Gasteiger partial charge in [0.25, 0.3) is 0 Å². The second-order valence-electron chi connectivity index (χ2n) is 7.52. The average molecular weight is 558 g/mol. The molecule has 190 valence electrons. The normalized spacial score (nSPS) is 11.3. The number of halogens is 2. The second kappa shape index (κ2) is 12.1. The van der Waals surface area contributed by atoms with Crippen LogP contribution < -0.4 is 14.2 Å². The Balaban J connectivity index is 1.54. The molecular weight excluding hydrogens is 537 g/mol. The lowest BCUT2D eigenvalue weighted by Crippen LogP contribution is -1.99. The quantitative estimate of drug-likeness (QED) is 0.166. The van der Waals surface area contributed by atoms with Gasteiger partial charge in [-0.2, -0.15) is 0 Å². The van der Waals surface area contributed by atoms with Gasteiger partial charge >= 0.3 is 5.97 Å². The molecule has 1 heterocycles. The number of hydrogen-bond acceptors (Lipinski definition) is 7. The van der Waals surface area contributed by atoms with Crippen molar-refractivity contribution in [3.63, 3.8) is 0 Å². The van der Waals surface area contributed by atoms with Crippen LogP contribution in [0.5, 0.6) is 17.2 Å². The number of nitrogens with zero attached hydrogens (tertiary/aromatic N) is 2. The highest BCUT2D eigenvalue weighted by Crippen LogP contribution is 2.34. The highest BCUT2D eigenvalue weighted by molar-refractivity contribution is 8.04. The van der Waals surface area contributed by atoms with Crippen molar-refractivity contribution in [2.24, 2.45) is 0 Å². The summed E-state index contributed by atoms with van der Waals surface area (Å²) < 4.78 is 16.7. The van der Waals surface area contributed by atoms with Crippen molar-refractivity contribution in [1.82, 2.24) is 15.2 Å². The lowest BCUT2D eigenvalue weighted by Gasteiger charge is -2.12. The lowest BCUT2D eigenvalue weighted by molar-refractivity contribution is -0.131. The maximum atomic E-state index is 12.0. The molecule has 0 aliphatic heterocycles. The molecule has 4 rings (SSSR count). The van der Waals surface area contributed by atoms with Crippen LogP contribution in [-0.4, -0.2) is 40.5 Å². The molecule has 0 bridgehead atoms. The molecule has 0 saturated heterocycles. The van der Waals surface area contributed by atoms with Crippen molar-refractivity contribution in [3.8, 4) is 28.6 Å². The standard InChI is InChI=1S/C26H21Cl2N3O5S/c1-34-20-10-8-17(27)13-18(20)24-29-26(31-30-24)37-23(25(32)33)12-15-7-9-21(22(11-15)35-2)36-14-16-5-3-4-6-19(16)28/h3-13H,14H2,1-2H3,(H,32,33)(H,29,30,31)/b23-12-. The van der Waals surface area contributed by atoms with Crippen LogP contribution in [-0.2, 0) is 11.4 Å². The average Bonchev–Trinajstić information content (AvgIpc) is 3.36. The van der Waals surface area contributed by atoms with Crippen molar-refractivity contribution in [3.05, 3.63) is 86.7 Å². The third-order valence-corrected chi connectivity index (χ3v) is 6.60. The van der Waals surface area contributed by atoms with E-state index in [1.807, 2.05) is 18.2 Å². The maximum absolute atomic E-state index is 12.0. The van der Waals surface area contributed by atoms with Crippen LogP contribution in [0.4, 0.5) is 0 Å². The molecule has 0 spiro atoms. The number of carboxylic acid groups (broad SMARTS) is 1. The number of thioether (sulfide) groups is 1. The van der Waals surface area contributed by atoms with Crippen molar-refractivity contribution >= 4 is 47.0 Å². The van der Waals surface area contributed by atoms with E-state index in [0.717, 1.165) is 17.3 Å². The number of rotatable bonds is 10. The van der Waals surface area contributed by atoms with Gasteiger partial charge in [-0.25, -0.2) is 9.78 Å². The van der Waals surface area contributed by atoms with Gasteiger partial charge < -0.3 is 19.3 Å². The van der Waals surface area contributed by atoms with Crippen LogP contribution in [0.15, 0.2) is 70.7 Å². The minimum absolute atomic E-state index is 0.00963. The first kappa shape index (κ1) is 26.4. The minimum Gasteiger partial charge on any atom is -0.496 e.